The first-order valence-corrected chi connectivity index (χ1v) is 7.49. The third-order valence-electron chi connectivity index (χ3n) is 3.64. The number of amides is 2. The number of nitrogens with two attached hydrogens (primary N) is 1. The van der Waals surface area contributed by atoms with E-state index in [1.165, 1.54) is 0 Å². The summed E-state index contributed by atoms with van der Waals surface area (Å²) in [6.07, 6.45) is 1.56. The van der Waals surface area contributed by atoms with E-state index in [2.05, 4.69) is 0 Å². The number of benzene rings is 1. The summed E-state index contributed by atoms with van der Waals surface area (Å²) in [7, 11) is 0. The first-order chi connectivity index (χ1) is 10.7. The van der Waals surface area contributed by atoms with E-state index < -0.39 is 0 Å². The topological polar surface area (TPSA) is 81.9 Å². The van der Waals surface area contributed by atoms with Gasteiger partial charge in [-0.05, 0) is 25.0 Å². The molecule has 1 saturated heterocycles. The van der Waals surface area contributed by atoms with Gasteiger partial charge in [0, 0.05) is 13.1 Å². The highest BCUT2D eigenvalue weighted by Gasteiger charge is 2.26. The standard InChI is InChI=1S/C16H22N2O4/c17-16(20)13-5-4-8-18(11-13)15(19)12-21-9-10-22-14-6-2-1-3-7-14/h1-3,6-7,13H,4-5,8-12H2,(H2,17,20). The van der Waals surface area contributed by atoms with Crippen molar-refractivity contribution in [1.82, 2.24) is 4.90 Å². The maximum Gasteiger partial charge on any atom is 0.248 e. The van der Waals surface area contributed by atoms with Crippen molar-refractivity contribution in [2.45, 2.75) is 12.8 Å². The molecular weight excluding hydrogens is 284 g/mol. The fraction of sp³-hybridized carbons (Fsp3) is 0.500. The minimum Gasteiger partial charge on any atom is -0.491 e. The van der Waals surface area contributed by atoms with Gasteiger partial charge in [-0.2, -0.15) is 0 Å². The van der Waals surface area contributed by atoms with Crippen LogP contribution in [0.15, 0.2) is 30.3 Å². The molecule has 120 valence electrons. The number of ether oxygens (including phenoxy) is 2. The van der Waals surface area contributed by atoms with E-state index in [4.69, 9.17) is 15.2 Å². The van der Waals surface area contributed by atoms with E-state index in [1.54, 1.807) is 4.90 Å². The number of hydrogen-bond acceptors (Lipinski definition) is 4. The van der Waals surface area contributed by atoms with Gasteiger partial charge in [-0.1, -0.05) is 18.2 Å². The van der Waals surface area contributed by atoms with Crippen molar-refractivity contribution in [2.24, 2.45) is 11.7 Å². The van der Waals surface area contributed by atoms with Crippen molar-refractivity contribution in [3.05, 3.63) is 30.3 Å². The second-order valence-electron chi connectivity index (χ2n) is 5.30. The average molecular weight is 306 g/mol. The van der Waals surface area contributed by atoms with Crippen LogP contribution in [0.1, 0.15) is 12.8 Å². The number of nitrogens with zero attached hydrogens (tertiary/aromatic N) is 1. The highest BCUT2D eigenvalue weighted by atomic mass is 16.5. The number of hydrogen-bond donors (Lipinski definition) is 1. The van der Waals surface area contributed by atoms with Gasteiger partial charge >= 0.3 is 0 Å². The number of carbonyl (C=O) groups is 2. The van der Waals surface area contributed by atoms with Crippen molar-refractivity contribution >= 4 is 11.8 Å². The summed E-state index contributed by atoms with van der Waals surface area (Å²) in [5.41, 5.74) is 5.30. The molecule has 1 aliphatic rings. The van der Waals surface area contributed by atoms with Gasteiger partial charge in [0.15, 0.2) is 0 Å². The monoisotopic (exact) mass is 306 g/mol. The van der Waals surface area contributed by atoms with E-state index in [-0.39, 0.29) is 24.3 Å². The largest absolute Gasteiger partial charge is 0.491 e. The molecule has 0 radical (unpaired) electrons. The van der Waals surface area contributed by atoms with Crippen LogP contribution < -0.4 is 10.5 Å². The van der Waals surface area contributed by atoms with Crippen molar-refractivity contribution < 1.29 is 19.1 Å². The predicted molar refractivity (Wildman–Crippen MR) is 81.3 cm³/mol. The molecule has 6 heteroatoms. The minimum absolute atomic E-state index is 0.00360. The van der Waals surface area contributed by atoms with Gasteiger partial charge in [0.1, 0.15) is 19.0 Å². The Morgan fingerprint density at radius 3 is 2.73 bits per heavy atom. The van der Waals surface area contributed by atoms with E-state index in [0.717, 1.165) is 18.6 Å². The second-order valence-corrected chi connectivity index (χ2v) is 5.30. The lowest BCUT2D eigenvalue weighted by molar-refractivity contribution is -0.139. The van der Waals surface area contributed by atoms with Gasteiger partial charge in [0.25, 0.3) is 0 Å². The Labute approximate surface area is 130 Å². The van der Waals surface area contributed by atoms with Crippen molar-refractivity contribution in [3.63, 3.8) is 0 Å². The molecule has 2 rings (SSSR count). The highest BCUT2D eigenvalue weighted by Crippen LogP contribution is 2.16. The first kappa shape index (κ1) is 16.3. The quantitative estimate of drug-likeness (QED) is 0.756. The Bertz CT molecular complexity index is 492. The molecule has 0 bridgehead atoms. The van der Waals surface area contributed by atoms with Crippen LogP contribution in [0.5, 0.6) is 5.75 Å². The van der Waals surface area contributed by atoms with Crippen LogP contribution in [-0.2, 0) is 14.3 Å². The zero-order chi connectivity index (χ0) is 15.8. The Morgan fingerprint density at radius 1 is 1.23 bits per heavy atom. The molecule has 22 heavy (non-hydrogen) atoms. The molecule has 0 saturated carbocycles. The molecule has 1 aliphatic heterocycles. The molecule has 6 nitrogen and oxygen atoms in total. The fourth-order valence-electron chi connectivity index (χ4n) is 2.42. The summed E-state index contributed by atoms with van der Waals surface area (Å²) in [6.45, 7) is 1.79. The van der Waals surface area contributed by atoms with Crippen molar-refractivity contribution in [3.8, 4) is 5.75 Å². The molecule has 1 heterocycles. The van der Waals surface area contributed by atoms with E-state index in [9.17, 15) is 9.59 Å². The number of piperidine rings is 1. The number of para-hydroxylation sites is 1. The number of likely N-dealkylation sites (tertiary alicyclic amines) is 1. The lowest BCUT2D eigenvalue weighted by Crippen LogP contribution is -2.45. The summed E-state index contributed by atoms with van der Waals surface area (Å²) in [4.78, 5) is 24.9. The summed E-state index contributed by atoms with van der Waals surface area (Å²) < 4.78 is 10.8. The first-order valence-electron chi connectivity index (χ1n) is 7.49. The third-order valence-corrected chi connectivity index (χ3v) is 3.64. The van der Waals surface area contributed by atoms with Gasteiger partial charge in [-0.15, -0.1) is 0 Å². The van der Waals surface area contributed by atoms with Crippen LogP contribution >= 0.6 is 0 Å². The van der Waals surface area contributed by atoms with Gasteiger partial charge in [0.2, 0.25) is 11.8 Å². The lowest BCUT2D eigenvalue weighted by Gasteiger charge is -2.31. The summed E-state index contributed by atoms with van der Waals surface area (Å²) >= 11 is 0. The van der Waals surface area contributed by atoms with E-state index >= 15 is 0 Å². The molecule has 1 unspecified atom stereocenters. The molecular formula is C16H22N2O4. The van der Waals surface area contributed by atoms with Crippen LogP contribution in [0, 0.1) is 5.92 Å². The summed E-state index contributed by atoms with van der Waals surface area (Å²) in [5, 5.41) is 0. The number of carbonyl (C=O) groups excluding carboxylic acids is 2. The Balaban J connectivity index is 1.62. The van der Waals surface area contributed by atoms with Gasteiger partial charge in [0.05, 0.1) is 12.5 Å². The molecule has 2 amide bonds. The highest BCUT2D eigenvalue weighted by molar-refractivity contribution is 5.80. The zero-order valence-corrected chi connectivity index (χ0v) is 12.6. The van der Waals surface area contributed by atoms with Crippen LogP contribution in [0.3, 0.4) is 0 Å². The maximum absolute atomic E-state index is 12.0. The third kappa shape index (κ3) is 5.04. The summed E-state index contributed by atoms with van der Waals surface area (Å²) in [5.74, 6) is 0.0946. The zero-order valence-electron chi connectivity index (χ0n) is 12.6. The summed E-state index contributed by atoms with van der Waals surface area (Å²) in [6, 6.07) is 9.43. The van der Waals surface area contributed by atoms with Crippen LogP contribution in [0.4, 0.5) is 0 Å². The molecule has 2 N–H and O–H groups in total. The van der Waals surface area contributed by atoms with Crippen molar-refractivity contribution in [2.75, 3.05) is 32.9 Å². The van der Waals surface area contributed by atoms with Gasteiger partial charge in [-0.25, -0.2) is 0 Å². The van der Waals surface area contributed by atoms with E-state index in [0.29, 0.717) is 26.3 Å². The Kier molecular flexibility index (Phi) is 6.21. The number of primary amides is 1. The maximum atomic E-state index is 12.0. The van der Waals surface area contributed by atoms with E-state index in [1.807, 2.05) is 30.3 Å². The predicted octanol–water partition coefficient (Wildman–Crippen LogP) is 0.806. The van der Waals surface area contributed by atoms with Gasteiger partial charge in [-0.3, -0.25) is 9.59 Å². The molecule has 1 fully saturated rings. The molecule has 0 aliphatic carbocycles. The van der Waals surface area contributed by atoms with Crippen LogP contribution in [-0.4, -0.2) is 49.6 Å². The van der Waals surface area contributed by atoms with Crippen LogP contribution in [0.25, 0.3) is 0 Å². The smallest absolute Gasteiger partial charge is 0.248 e. The van der Waals surface area contributed by atoms with Crippen LogP contribution in [0.2, 0.25) is 0 Å². The average Bonchev–Trinajstić information content (AvgIpc) is 2.55. The number of rotatable bonds is 7. The molecule has 1 aromatic rings. The fourth-order valence-corrected chi connectivity index (χ4v) is 2.42. The Hall–Kier alpha value is -2.08. The molecule has 0 aromatic heterocycles. The molecule has 1 atom stereocenters. The normalized spacial score (nSPS) is 18.0. The minimum atomic E-state index is -0.338. The van der Waals surface area contributed by atoms with Gasteiger partial charge < -0.3 is 20.1 Å². The Morgan fingerprint density at radius 2 is 2.00 bits per heavy atom. The lowest BCUT2D eigenvalue weighted by atomic mass is 9.97. The molecule has 1 aromatic carbocycles. The van der Waals surface area contributed by atoms with Crippen molar-refractivity contribution in [1.29, 1.82) is 0 Å². The second kappa shape index (κ2) is 8.38. The SMILES string of the molecule is NC(=O)C1CCCN(C(=O)COCCOc2ccccc2)C1. The molecule has 0 spiro atoms.